The van der Waals surface area contributed by atoms with Crippen molar-refractivity contribution < 1.29 is 4.79 Å². The first kappa shape index (κ1) is 25.7. The number of anilines is 2. The van der Waals surface area contributed by atoms with Crippen molar-refractivity contribution in [1.29, 1.82) is 0 Å². The Labute approximate surface area is 229 Å². The first-order valence-corrected chi connectivity index (χ1v) is 13.8. The topological polar surface area (TPSA) is 62.2 Å². The van der Waals surface area contributed by atoms with Crippen LogP contribution in [0, 0.1) is 19.8 Å². The minimum Gasteiger partial charge on any atom is -0.351 e. The van der Waals surface area contributed by atoms with Crippen LogP contribution in [0.2, 0.25) is 5.02 Å². The van der Waals surface area contributed by atoms with E-state index >= 15 is 0 Å². The molecule has 6 nitrogen and oxygen atoms in total. The van der Waals surface area contributed by atoms with E-state index in [1.165, 1.54) is 42.6 Å². The van der Waals surface area contributed by atoms with Gasteiger partial charge in [0.05, 0.1) is 28.5 Å². The summed E-state index contributed by atoms with van der Waals surface area (Å²) >= 11 is 12.6. The van der Waals surface area contributed by atoms with Gasteiger partial charge in [0, 0.05) is 35.2 Å². The molecule has 3 heterocycles. The second-order valence-electron chi connectivity index (χ2n) is 10.4. The monoisotopic (exact) mass is 535 g/mol. The smallest absolute Gasteiger partial charge is 0.226 e. The van der Waals surface area contributed by atoms with Gasteiger partial charge in [0.1, 0.15) is 0 Å². The summed E-state index contributed by atoms with van der Waals surface area (Å²) < 4.78 is 2.52. The molecule has 2 aliphatic rings. The molecule has 8 heteroatoms. The van der Waals surface area contributed by atoms with Crippen LogP contribution >= 0.6 is 23.8 Å². The summed E-state index contributed by atoms with van der Waals surface area (Å²) in [6, 6.07) is 14.3. The van der Waals surface area contributed by atoms with Crippen molar-refractivity contribution in [3.8, 4) is 0 Å². The van der Waals surface area contributed by atoms with Crippen LogP contribution in [-0.4, -0.2) is 20.6 Å². The fourth-order valence-electron chi connectivity index (χ4n) is 5.81. The largest absolute Gasteiger partial charge is 0.351 e. The molecule has 1 saturated carbocycles. The van der Waals surface area contributed by atoms with Gasteiger partial charge in [-0.05, 0) is 80.9 Å². The van der Waals surface area contributed by atoms with E-state index in [9.17, 15) is 4.79 Å². The second kappa shape index (κ2) is 10.5. The van der Waals surface area contributed by atoms with E-state index in [-0.39, 0.29) is 23.9 Å². The minimum absolute atomic E-state index is 0.0690. The average molecular weight is 536 g/mol. The molecule has 2 atom stereocenters. The predicted octanol–water partition coefficient (Wildman–Crippen LogP) is 7.04. The van der Waals surface area contributed by atoms with Crippen molar-refractivity contribution in [2.24, 2.45) is 5.92 Å². The number of hydrogen-bond acceptors (Lipinski definition) is 3. The third kappa shape index (κ3) is 4.87. The van der Waals surface area contributed by atoms with E-state index in [0.29, 0.717) is 21.9 Å². The molecule has 1 aliphatic carbocycles. The summed E-state index contributed by atoms with van der Waals surface area (Å²) in [5.41, 5.74) is 6.20. The average Bonchev–Trinajstić information content (AvgIpc) is 3.58. The van der Waals surface area contributed by atoms with Crippen LogP contribution in [0.15, 0.2) is 48.7 Å². The third-order valence-corrected chi connectivity index (χ3v) is 8.27. The van der Waals surface area contributed by atoms with Crippen molar-refractivity contribution in [3.05, 3.63) is 76.3 Å². The molecular weight excluding hydrogens is 502 g/mol. The Morgan fingerprint density at radius 1 is 1.16 bits per heavy atom. The van der Waals surface area contributed by atoms with Gasteiger partial charge in [-0.25, -0.2) is 0 Å². The number of amides is 1. The van der Waals surface area contributed by atoms with E-state index in [1.54, 1.807) is 0 Å². The first-order valence-electron chi connectivity index (χ1n) is 13.1. The fraction of sp³-hybridized carbons (Fsp3) is 0.414. The molecule has 194 valence electrons. The number of nitrogens with one attached hydrogen (secondary N) is 2. The Balaban J connectivity index is 1.58. The molecule has 1 saturated heterocycles. The van der Waals surface area contributed by atoms with Crippen molar-refractivity contribution in [1.82, 2.24) is 14.9 Å². The van der Waals surface area contributed by atoms with Crippen molar-refractivity contribution in [3.63, 3.8) is 0 Å². The second-order valence-corrected chi connectivity index (χ2v) is 11.2. The number of nitrogens with zero attached hydrogens (tertiary/aromatic N) is 3. The summed E-state index contributed by atoms with van der Waals surface area (Å²) in [4.78, 5) is 19.1. The molecule has 0 unspecified atom stereocenters. The highest BCUT2D eigenvalue weighted by Crippen LogP contribution is 2.45. The molecule has 3 aromatic rings. The lowest BCUT2D eigenvalue weighted by atomic mass is 9.96. The lowest BCUT2D eigenvalue weighted by Crippen LogP contribution is -2.29. The maximum absolute atomic E-state index is 12.3. The van der Waals surface area contributed by atoms with Gasteiger partial charge < -0.3 is 20.1 Å². The molecule has 0 radical (unpaired) electrons. The fourth-order valence-corrected chi connectivity index (χ4v) is 6.38. The number of pyridine rings is 1. The number of carbonyl (C=O) groups excluding carboxylic acids is 1. The van der Waals surface area contributed by atoms with Crippen molar-refractivity contribution in [2.75, 3.05) is 10.2 Å². The molecule has 5 rings (SSSR count). The highest BCUT2D eigenvalue weighted by molar-refractivity contribution is 7.80. The highest BCUT2D eigenvalue weighted by Gasteiger charge is 2.42. The van der Waals surface area contributed by atoms with Crippen LogP contribution in [0.3, 0.4) is 0 Å². The van der Waals surface area contributed by atoms with E-state index < -0.39 is 0 Å². The molecule has 2 aromatic heterocycles. The minimum atomic E-state index is -0.135. The zero-order valence-corrected chi connectivity index (χ0v) is 23.4. The Hall–Kier alpha value is -2.90. The summed E-state index contributed by atoms with van der Waals surface area (Å²) in [6.45, 7) is 8.15. The molecular formula is C29H34ClN5OS. The summed E-state index contributed by atoms with van der Waals surface area (Å²) in [5, 5.41) is 7.57. The quantitative estimate of drug-likeness (QED) is 0.331. The van der Waals surface area contributed by atoms with E-state index in [0.717, 1.165) is 11.4 Å². The highest BCUT2D eigenvalue weighted by atomic mass is 35.5. The Bertz CT molecular complexity index is 1320. The van der Waals surface area contributed by atoms with Gasteiger partial charge in [0.2, 0.25) is 5.91 Å². The summed E-state index contributed by atoms with van der Waals surface area (Å²) in [5.74, 6) is -0.204. The van der Waals surface area contributed by atoms with Crippen LogP contribution in [0.1, 0.15) is 80.3 Å². The van der Waals surface area contributed by atoms with Crippen LogP contribution in [-0.2, 0) is 4.79 Å². The SMILES string of the molecule is Cc1cc([C@H]2[C@@H](c3ccccn3)NC(=S)N2c2ccc(NC(=O)C(C)C)c(Cl)c2)c(C)n1C1CCCC1. The lowest BCUT2D eigenvalue weighted by molar-refractivity contribution is -0.118. The maximum atomic E-state index is 12.3. The van der Waals surface area contributed by atoms with Crippen LogP contribution in [0.5, 0.6) is 0 Å². The molecule has 1 aliphatic heterocycles. The molecule has 1 amide bonds. The standard InChI is InChI=1S/C29H34ClN5OS/c1-17(2)28(36)32-24-13-12-21(16-23(24)30)35-27(26(33-29(35)37)25-11-7-8-14-31-25)22-15-18(3)34(19(22)4)20-9-5-6-10-20/h7-8,11-17,20,26-27H,5-6,9-10H2,1-4H3,(H,32,36)(H,33,37)/t26-,27+/m1/s1. The van der Waals surface area contributed by atoms with Gasteiger partial charge in [-0.1, -0.05) is 44.4 Å². The lowest BCUT2D eigenvalue weighted by Gasteiger charge is -2.29. The predicted molar refractivity (Wildman–Crippen MR) is 154 cm³/mol. The number of halogens is 1. The summed E-state index contributed by atoms with van der Waals surface area (Å²) in [7, 11) is 0. The van der Waals surface area contributed by atoms with Gasteiger partial charge >= 0.3 is 0 Å². The zero-order chi connectivity index (χ0) is 26.3. The number of benzene rings is 1. The maximum Gasteiger partial charge on any atom is 0.226 e. The molecule has 1 aromatic carbocycles. The first-order chi connectivity index (χ1) is 17.8. The number of carbonyl (C=O) groups is 1. The van der Waals surface area contributed by atoms with Gasteiger partial charge in [0.15, 0.2) is 5.11 Å². The van der Waals surface area contributed by atoms with Gasteiger partial charge in [-0.3, -0.25) is 9.78 Å². The van der Waals surface area contributed by atoms with Gasteiger partial charge in [0.25, 0.3) is 0 Å². The van der Waals surface area contributed by atoms with Crippen LogP contribution in [0.4, 0.5) is 11.4 Å². The van der Waals surface area contributed by atoms with Crippen LogP contribution < -0.4 is 15.5 Å². The molecule has 2 N–H and O–H groups in total. The third-order valence-electron chi connectivity index (χ3n) is 7.64. The van der Waals surface area contributed by atoms with Crippen molar-refractivity contribution >= 4 is 46.2 Å². The van der Waals surface area contributed by atoms with E-state index in [4.69, 9.17) is 23.8 Å². The van der Waals surface area contributed by atoms with E-state index in [1.807, 2.05) is 56.4 Å². The molecule has 37 heavy (non-hydrogen) atoms. The number of hydrogen-bond donors (Lipinski definition) is 2. The molecule has 0 spiro atoms. The van der Waals surface area contributed by atoms with E-state index in [2.05, 4.69) is 45.0 Å². The molecule has 2 fully saturated rings. The molecule has 0 bridgehead atoms. The number of thiocarbonyl (C=S) groups is 1. The Morgan fingerprint density at radius 3 is 2.57 bits per heavy atom. The van der Waals surface area contributed by atoms with Crippen molar-refractivity contribution in [2.45, 2.75) is 71.5 Å². The Kier molecular flexibility index (Phi) is 7.28. The number of aryl methyl sites for hydroxylation is 1. The van der Waals surface area contributed by atoms with Gasteiger partial charge in [-0.2, -0.15) is 0 Å². The zero-order valence-electron chi connectivity index (χ0n) is 21.8. The summed E-state index contributed by atoms with van der Waals surface area (Å²) in [6.07, 6.45) is 6.85. The Morgan fingerprint density at radius 2 is 1.92 bits per heavy atom. The normalized spacial score (nSPS) is 20.1. The van der Waals surface area contributed by atoms with Gasteiger partial charge in [-0.15, -0.1) is 0 Å². The van der Waals surface area contributed by atoms with Crippen LogP contribution in [0.25, 0.3) is 0 Å². The number of rotatable bonds is 6. The number of aromatic nitrogens is 2.